The maximum Gasteiger partial charge on any atom is 0.0449 e. The van der Waals surface area contributed by atoms with Crippen molar-refractivity contribution < 1.29 is 0 Å². The number of fused-ring (bicyclic) bond motifs is 3. The minimum absolute atomic E-state index is 1.01. The van der Waals surface area contributed by atoms with Gasteiger partial charge in [0.25, 0.3) is 0 Å². The van der Waals surface area contributed by atoms with E-state index in [2.05, 4.69) is 72.5 Å². The van der Waals surface area contributed by atoms with Crippen molar-refractivity contribution in [2.45, 2.75) is 13.5 Å². The summed E-state index contributed by atoms with van der Waals surface area (Å²) in [5.41, 5.74) is 8.36. The van der Waals surface area contributed by atoms with Gasteiger partial charge in [0, 0.05) is 24.4 Å². The third-order valence-corrected chi connectivity index (χ3v) is 4.29. The standard InChI is InChI=1S/C19H17N/c1-14-6-2-4-8-17(14)16-10-11-19-18-9-5-3-7-15(18)12-20(19)13-16/h2-11H,12-13H2,1H3. The molecule has 0 saturated carbocycles. The van der Waals surface area contributed by atoms with Gasteiger partial charge in [-0.05, 0) is 35.3 Å². The first-order valence-electron chi connectivity index (χ1n) is 7.13. The van der Waals surface area contributed by atoms with Gasteiger partial charge in [0.1, 0.15) is 0 Å². The summed E-state index contributed by atoms with van der Waals surface area (Å²) in [4.78, 5) is 2.48. The minimum atomic E-state index is 1.01. The zero-order chi connectivity index (χ0) is 13.5. The van der Waals surface area contributed by atoms with Crippen LogP contribution in [-0.2, 0) is 6.54 Å². The Morgan fingerprint density at radius 3 is 2.40 bits per heavy atom. The highest BCUT2D eigenvalue weighted by atomic mass is 15.2. The number of rotatable bonds is 1. The van der Waals surface area contributed by atoms with Gasteiger partial charge in [0.05, 0.1) is 0 Å². The molecule has 2 heterocycles. The molecular weight excluding hydrogens is 242 g/mol. The van der Waals surface area contributed by atoms with E-state index in [1.165, 1.54) is 33.5 Å². The summed E-state index contributed by atoms with van der Waals surface area (Å²) in [5, 5.41) is 0. The molecule has 1 nitrogen and oxygen atoms in total. The Hall–Kier alpha value is -2.28. The van der Waals surface area contributed by atoms with Crippen molar-refractivity contribution in [1.29, 1.82) is 0 Å². The predicted molar refractivity (Wildman–Crippen MR) is 84.0 cm³/mol. The molecule has 2 aromatic rings. The van der Waals surface area contributed by atoms with Gasteiger partial charge in [-0.25, -0.2) is 0 Å². The van der Waals surface area contributed by atoms with Crippen LogP contribution in [0.1, 0.15) is 22.3 Å². The minimum Gasteiger partial charge on any atom is -0.362 e. The average molecular weight is 259 g/mol. The summed E-state index contributed by atoms with van der Waals surface area (Å²) in [6.45, 7) is 4.23. The second-order valence-corrected chi connectivity index (χ2v) is 5.57. The highest BCUT2D eigenvalue weighted by molar-refractivity contribution is 5.81. The Bertz CT molecular complexity index is 737. The maximum atomic E-state index is 2.48. The third-order valence-electron chi connectivity index (χ3n) is 4.29. The summed E-state index contributed by atoms with van der Waals surface area (Å²) < 4.78 is 0. The molecule has 0 spiro atoms. The van der Waals surface area contributed by atoms with Crippen LogP contribution in [0.4, 0.5) is 0 Å². The van der Waals surface area contributed by atoms with Crippen molar-refractivity contribution in [2.24, 2.45) is 0 Å². The van der Waals surface area contributed by atoms with Crippen molar-refractivity contribution >= 4 is 11.3 Å². The van der Waals surface area contributed by atoms with Crippen molar-refractivity contribution in [3.63, 3.8) is 0 Å². The molecule has 0 fully saturated rings. The second-order valence-electron chi connectivity index (χ2n) is 5.57. The number of hydrogen-bond donors (Lipinski definition) is 0. The maximum absolute atomic E-state index is 2.48. The van der Waals surface area contributed by atoms with Gasteiger partial charge >= 0.3 is 0 Å². The van der Waals surface area contributed by atoms with Gasteiger partial charge in [-0.15, -0.1) is 0 Å². The van der Waals surface area contributed by atoms with Crippen LogP contribution in [0, 0.1) is 6.92 Å². The monoisotopic (exact) mass is 259 g/mol. The molecule has 98 valence electrons. The number of allylic oxidation sites excluding steroid dienone is 2. The van der Waals surface area contributed by atoms with Crippen molar-refractivity contribution in [1.82, 2.24) is 4.90 Å². The molecule has 0 radical (unpaired) electrons. The van der Waals surface area contributed by atoms with Crippen molar-refractivity contribution in [3.8, 4) is 0 Å². The van der Waals surface area contributed by atoms with Crippen LogP contribution in [0.5, 0.6) is 0 Å². The van der Waals surface area contributed by atoms with E-state index >= 15 is 0 Å². The van der Waals surface area contributed by atoms with E-state index in [1.54, 1.807) is 0 Å². The molecule has 0 unspecified atom stereocenters. The van der Waals surface area contributed by atoms with Crippen LogP contribution in [0.3, 0.4) is 0 Å². The quantitative estimate of drug-likeness (QED) is 0.740. The van der Waals surface area contributed by atoms with Crippen LogP contribution < -0.4 is 0 Å². The lowest BCUT2D eigenvalue weighted by molar-refractivity contribution is 0.458. The molecule has 20 heavy (non-hydrogen) atoms. The summed E-state index contributed by atoms with van der Waals surface area (Å²) in [6, 6.07) is 17.4. The van der Waals surface area contributed by atoms with Gasteiger partial charge in [-0.2, -0.15) is 0 Å². The second kappa shape index (κ2) is 4.38. The van der Waals surface area contributed by atoms with Gasteiger partial charge in [0.15, 0.2) is 0 Å². The van der Waals surface area contributed by atoms with Crippen LogP contribution in [0.15, 0.2) is 60.7 Å². The summed E-state index contributed by atoms with van der Waals surface area (Å²) in [7, 11) is 0. The Balaban J connectivity index is 1.76. The van der Waals surface area contributed by atoms with E-state index in [9.17, 15) is 0 Å². The first-order valence-corrected chi connectivity index (χ1v) is 7.13. The lowest BCUT2D eigenvalue weighted by atomic mass is 9.97. The molecule has 2 aromatic carbocycles. The van der Waals surface area contributed by atoms with Crippen LogP contribution in [-0.4, -0.2) is 11.4 Å². The third kappa shape index (κ3) is 1.70. The molecule has 0 saturated heterocycles. The highest BCUT2D eigenvalue weighted by Crippen LogP contribution is 2.37. The molecular formula is C19H17N. The van der Waals surface area contributed by atoms with Gasteiger partial charge in [-0.3, -0.25) is 0 Å². The smallest absolute Gasteiger partial charge is 0.0449 e. The van der Waals surface area contributed by atoms with Gasteiger partial charge < -0.3 is 4.90 Å². The van der Waals surface area contributed by atoms with Gasteiger partial charge in [-0.1, -0.05) is 54.6 Å². The number of hydrogen-bond acceptors (Lipinski definition) is 1. The molecule has 1 heteroatoms. The lowest BCUT2D eigenvalue weighted by Crippen LogP contribution is -2.20. The Labute approximate surface area is 119 Å². The summed E-state index contributed by atoms with van der Waals surface area (Å²) in [6.07, 6.45) is 4.56. The largest absolute Gasteiger partial charge is 0.362 e. The zero-order valence-electron chi connectivity index (χ0n) is 11.6. The fourth-order valence-electron chi connectivity index (χ4n) is 3.25. The molecule has 0 bridgehead atoms. The van der Waals surface area contributed by atoms with Crippen molar-refractivity contribution in [2.75, 3.05) is 6.54 Å². The Kier molecular flexibility index (Phi) is 2.53. The van der Waals surface area contributed by atoms with Crippen LogP contribution in [0.25, 0.3) is 11.3 Å². The predicted octanol–water partition coefficient (Wildman–Crippen LogP) is 4.25. The Morgan fingerprint density at radius 2 is 1.55 bits per heavy atom. The lowest BCUT2D eigenvalue weighted by Gasteiger charge is -2.26. The van der Waals surface area contributed by atoms with E-state index in [0.717, 1.165) is 13.1 Å². The van der Waals surface area contributed by atoms with E-state index in [0.29, 0.717) is 0 Å². The topological polar surface area (TPSA) is 3.24 Å². The molecule has 0 amide bonds. The molecule has 4 rings (SSSR count). The number of nitrogens with zero attached hydrogens (tertiary/aromatic N) is 1. The normalized spacial score (nSPS) is 16.4. The first kappa shape index (κ1) is 11.5. The Morgan fingerprint density at radius 1 is 0.800 bits per heavy atom. The molecule has 0 N–H and O–H groups in total. The van der Waals surface area contributed by atoms with Crippen LogP contribution >= 0.6 is 0 Å². The van der Waals surface area contributed by atoms with E-state index in [1.807, 2.05) is 0 Å². The van der Waals surface area contributed by atoms with E-state index in [-0.39, 0.29) is 0 Å². The highest BCUT2D eigenvalue weighted by Gasteiger charge is 2.26. The fourth-order valence-corrected chi connectivity index (χ4v) is 3.25. The van der Waals surface area contributed by atoms with E-state index < -0.39 is 0 Å². The SMILES string of the molecule is Cc1ccccc1C1=CC=C2c3ccccc3CN2C1. The van der Waals surface area contributed by atoms with Crippen molar-refractivity contribution in [3.05, 3.63) is 82.9 Å². The van der Waals surface area contributed by atoms with E-state index in [4.69, 9.17) is 0 Å². The van der Waals surface area contributed by atoms with Crippen LogP contribution in [0.2, 0.25) is 0 Å². The molecule has 0 aromatic heterocycles. The number of benzene rings is 2. The molecule has 0 aliphatic carbocycles. The average Bonchev–Trinajstić information content (AvgIpc) is 2.85. The van der Waals surface area contributed by atoms with Gasteiger partial charge in [0.2, 0.25) is 0 Å². The summed E-state index contributed by atoms with van der Waals surface area (Å²) >= 11 is 0. The molecule has 2 aliphatic heterocycles. The summed E-state index contributed by atoms with van der Waals surface area (Å²) in [5.74, 6) is 0. The molecule has 2 aliphatic rings. The number of aryl methyl sites for hydroxylation is 1. The fraction of sp³-hybridized carbons (Fsp3) is 0.158. The zero-order valence-corrected chi connectivity index (χ0v) is 11.6. The first-order chi connectivity index (χ1) is 9.83. The molecule has 0 atom stereocenters.